The van der Waals surface area contributed by atoms with Crippen LogP contribution in [-0.2, 0) is 9.47 Å². The molecule has 0 aromatic carbocycles. The Morgan fingerprint density at radius 1 is 0.875 bits per heavy atom. The highest BCUT2D eigenvalue weighted by Crippen LogP contribution is 2.56. The van der Waals surface area contributed by atoms with Crippen molar-refractivity contribution in [2.24, 2.45) is 5.41 Å². The molecule has 0 aromatic heterocycles. The zero-order chi connectivity index (χ0) is 12.1. The number of ether oxygens (including phenoxy) is 2. The number of rotatable bonds is 8. The first-order valence-corrected chi connectivity index (χ1v) is 6.76. The maximum atomic E-state index is 5.52. The predicted octanol–water partition coefficient (Wildman–Crippen LogP) is 4.14. The van der Waals surface area contributed by atoms with Crippen LogP contribution in [-0.4, -0.2) is 20.0 Å². The first kappa shape index (κ1) is 14.0. The summed E-state index contributed by atoms with van der Waals surface area (Å²) in [5.41, 5.74) is 0.512. The molecule has 0 unspecified atom stereocenters. The molecule has 16 heavy (non-hydrogen) atoms. The molecule has 2 nitrogen and oxygen atoms in total. The Morgan fingerprint density at radius 2 is 1.31 bits per heavy atom. The molecule has 1 saturated carbocycles. The maximum absolute atomic E-state index is 5.52. The van der Waals surface area contributed by atoms with Gasteiger partial charge in [0.1, 0.15) is 0 Å². The molecule has 0 N–H and O–H groups in total. The normalized spacial score (nSPS) is 21.8. The van der Waals surface area contributed by atoms with Crippen molar-refractivity contribution in [1.29, 1.82) is 0 Å². The van der Waals surface area contributed by atoms with Crippen LogP contribution in [0.5, 0.6) is 0 Å². The van der Waals surface area contributed by atoms with Crippen LogP contribution < -0.4 is 0 Å². The van der Waals surface area contributed by atoms with Crippen molar-refractivity contribution in [1.82, 2.24) is 0 Å². The van der Waals surface area contributed by atoms with E-state index in [1.807, 2.05) is 0 Å². The van der Waals surface area contributed by atoms with Crippen molar-refractivity contribution in [2.45, 2.75) is 71.0 Å². The van der Waals surface area contributed by atoms with Crippen molar-refractivity contribution in [3.05, 3.63) is 0 Å². The summed E-state index contributed by atoms with van der Waals surface area (Å²) in [6.07, 6.45) is 10.1. The quantitative estimate of drug-likeness (QED) is 0.581. The van der Waals surface area contributed by atoms with Crippen LogP contribution in [0, 0.1) is 5.41 Å². The molecule has 0 amide bonds. The summed E-state index contributed by atoms with van der Waals surface area (Å²) in [7, 11) is 3.54. The molecule has 0 heterocycles. The smallest absolute Gasteiger partial charge is 0.168 e. The molecule has 0 spiro atoms. The molecule has 0 aromatic rings. The zero-order valence-corrected chi connectivity index (χ0v) is 11.5. The molecule has 1 fully saturated rings. The van der Waals surface area contributed by atoms with Gasteiger partial charge in [0.25, 0.3) is 0 Å². The van der Waals surface area contributed by atoms with E-state index in [4.69, 9.17) is 9.47 Å². The highest BCUT2D eigenvalue weighted by atomic mass is 16.7. The highest BCUT2D eigenvalue weighted by molar-refractivity contribution is 4.99. The zero-order valence-electron chi connectivity index (χ0n) is 11.5. The van der Waals surface area contributed by atoms with Gasteiger partial charge in [-0.15, -0.1) is 0 Å². The first-order valence-electron chi connectivity index (χ1n) is 6.76. The van der Waals surface area contributed by atoms with Gasteiger partial charge >= 0.3 is 0 Å². The van der Waals surface area contributed by atoms with Crippen LogP contribution >= 0.6 is 0 Å². The second kappa shape index (κ2) is 6.02. The van der Waals surface area contributed by atoms with E-state index < -0.39 is 0 Å². The van der Waals surface area contributed by atoms with Gasteiger partial charge in [0.05, 0.1) is 0 Å². The minimum absolute atomic E-state index is 0.262. The minimum atomic E-state index is -0.262. The van der Waals surface area contributed by atoms with Crippen LogP contribution in [0.2, 0.25) is 0 Å². The Bertz CT molecular complexity index is 179. The number of hydrogen-bond acceptors (Lipinski definition) is 2. The number of unbranched alkanes of at least 4 members (excludes halogenated alkanes) is 2. The van der Waals surface area contributed by atoms with E-state index in [1.54, 1.807) is 14.2 Å². The van der Waals surface area contributed by atoms with E-state index in [9.17, 15) is 0 Å². The molecule has 1 aliphatic carbocycles. The topological polar surface area (TPSA) is 18.5 Å². The lowest BCUT2D eigenvalue weighted by atomic mass is 9.59. The van der Waals surface area contributed by atoms with Crippen LogP contribution in [0.1, 0.15) is 65.2 Å². The monoisotopic (exact) mass is 228 g/mol. The van der Waals surface area contributed by atoms with Crippen molar-refractivity contribution in [2.75, 3.05) is 14.2 Å². The second-order valence-corrected chi connectivity index (χ2v) is 5.38. The molecule has 0 atom stereocenters. The minimum Gasteiger partial charge on any atom is -0.353 e. The number of methoxy groups -OCH3 is 2. The summed E-state index contributed by atoms with van der Waals surface area (Å²) < 4.78 is 11.0. The molecule has 0 saturated heterocycles. The summed E-state index contributed by atoms with van der Waals surface area (Å²) >= 11 is 0. The molecule has 0 aliphatic heterocycles. The molecular weight excluding hydrogens is 200 g/mol. The average molecular weight is 228 g/mol. The summed E-state index contributed by atoms with van der Waals surface area (Å²) in [4.78, 5) is 0. The summed E-state index contributed by atoms with van der Waals surface area (Å²) in [6, 6.07) is 0. The summed E-state index contributed by atoms with van der Waals surface area (Å²) in [5.74, 6) is -0.262. The van der Waals surface area contributed by atoms with E-state index in [-0.39, 0.29) is 5.79 Å². The van der Waals surface area contributed by atoms with Gasteiger partial charge in [0.2, 0.25) is 0 Å². The Kier molecular flexibility index (Phi) is 5.26. The Morgan fingerprint density at radius 3 is 1.62 bits per heavy atom. The van der Waals surface area contributed by atoms with Crippen LogP contribution in [0.3, 0.4) is 0 Å². The van der Waals surface area contributed by atoms with Gasteiger partial charge in [0, 0.05) is 27.1 Å². The van der Waals surface area contributed by atoms with Crippen molar-refractivity contribution < 1.29 is 9.47 Å². The van der Waals surface area contributed by atoms with Gasteiger partial charge in [0.15, 0.2) is 5.79 Å². The lowest BCUT2D eigenvalue weighted by Gasteiger charge is -2.54. The fourth-order valence-electron chi connectivity index (χ4n) is 3.05. The van der Waals surface area contributed by atoms with Gasteiger partial charge in [-0.25, -0.2) is 0 Å². The standard InChI is InChI=1S/C14H28O2/c1-5-7-9-13(10-8-6-2)11-14(12-13,15-3)16-4/h5-12H2,1-4H3. The molecular formula is C14H28O2. The molecule has 2 heteroatoms. The Labute approximate surface area is 101 Å². The van der Waals surface area contributed by atoms with E-state index >= 15 is 0 Å². The summed E-state index contributed by atoms with van der Waals surface area (Å²) in [5, 5.41) is 0. The van der Waals surface area contributed by atoms with E-state index in [1.165, 1.54) is 38.5 Å². The molecule has 0 radical (unpaired) electrons. The third-order valence-corrected chi connectivity index (χ3v) is 4.15. The van der Waals surface area contributed by atoms with Gasteiger partial charge in [-0.2, -0.15) is 0 Å². The fraction of sp³-hybridized carbons (Fsp3) is 1.00. The average Bonchev–Trinajstić information content (AvgIpc) is 2.28. The first-order chi connectivity index (χ1) is 7.66. The third kappa shape index (κ3) is 2.98. The van der Waals surface area contributed by atoms with Gasteiger partial charge < -0.3 is 9.47 Å². The fourth-order valence-corrected chi connectivity index (χ4v) is 3.05. The Balaban J connectivity index is 2.49. The molecule has 1 aliphatic rings. The number of hydrogen-bond donors (Lipinski definition) is 0. The second-order valence-electron chi connectivity index (χ2n) is 5.38. The van der Waals surface area contributed by atoms with Gasteiger partial charge in [-0.05, 0) is 18.3 Å². The predicted molar refractivity (Wildman–Crippen MR) is 67.5 cm³/mol. The van der Waals surface area contributed by atoms with Crippen molar-refractivity contribution in [3.63, 3.8) is 0 Å². The van der Waals surface area contributed by atoms with Crippen LogP contribution in [0.4, 0.5) is 0 Å². The lowest BCUT2D eigenvalue weighted by Crippen LogP contribution is -2.54. The van der Waals surface area contributed by atoms with Gasteiger partial charge in [-0.3, -0.25) is 0 Å². The van der Waals surface area contributed by atoms with E-state index in [2.05, 4.69) is 13.8 Å². The van der Waals surface area contributed by atoms with Crippen molar-refractivity contribution in [3.8, 4) is 0 Å². The maximum Gasteiger partial charge on any atom is 0.168 e. The van der Waals surface area contributed by atoms with Crippen LogP contribution in [0.15, 0.2) is 0 Å². The lowest BCUT2D eigenvalue weighted by molar-refractivity contribution is -0.300. The van der Waals surface area contributed by atoms with Crippen molar-refractivity contribution >= 4 is 0 Å². The third-order valence-electron chi connectivity index (χ3n) is 4.15. The largest absolute Gasteiger partial charge is 0.353 e. The highest BCUT2D eigenvalue weighted by Gasteiger charge is 2.54. The molecule has 0 bridgehead atoms. The van der Waals surface area contributed by atoms with Gasteiger partial charge in [-0.1, -0.05) is 39.5 Å². The molecule has 96 valence electrons. The van der Waals surface area contributed by atoms with E-state index in [0.29, 0.717) is 5.41 Å². The van der Waals surface area contributed by atoms with E-state index in [0.717, 1.165) is 12.8 Å². The van der Waals surface area contributed by atoms with Crippen LogP contribution in [0.25, 0.3) is 0 Å². The molecule has 1 rings (SSSR count). The summed E-state index contributed by atoms with van der Waals surface area (Å²) in [6.45, 7) is 4.54. The Hall–Kier alpha value is -0.0800. The SMILES string of the molecule is CCCCC1(CCCC)CC(OC)(OC)C1.